The average molecular weight is 405 g/mol. The maximum Gasteiger partial charge on any atom is 0.255 e. The van der Waals surface area contributed by atoms with Crippen LogP contribution in [0.1, 0.15) is 34.3 Å². The van der Waals surface area contributed by atoms with Crippen molar-refractivity contribution in [2.75, 3.05) is 16.8 Å². The van der Waals surface area contributed by atoms with Gasteiger partial charge in [0.2, 0.25) is 5.91 Å². The minimum Gasteiger partial charge on any atom is -0.322 e. The summed E-state index contributed by atoms with van der Waals surface area (Å²) < 4.78 is 0. The topological polar surface area (TPSA) is 49.4 Å². The molecule has 0 bridgehead atoms. The van der Waals surface area contributed by atoms with E-state index in [1.54, 1.807) is 23.1 Å². The zero-order valence-corrected chi connectivity index (χ0v) is 16.7. The molecule has 2 amide bonds. The highest BCUT2D eigenvalue weighted by Crippen LogP contribution is 2.31. The minimum atomic E-state index is -0.227. The van der Waals surface area contributed by atoms with E-state index in [-0.39, 0.29) is 11.8 Å². The number of hydrogen-bond acceptors (Lipinski definition) is 2. The van der Waals surface area contributed by atoms with Crippen LogP contribution in [-0.4, -0.2) is 18.4 Å². The van der Waals surface area contributed by atoms with Gasteiger partial charge in [-0.05, 0) is 48.2 Å². The van der Waals surface area contributed by atoms with Crippen LogP contribution in [0.4, 0.5) is 11.4 Å². The number of benzene rings is 3. The van der Waals surface area contributed by atoms with Crippen molar-refractivity contribution in [1.29, 1.82) is 0 Å². The standard InChI is InChI=1S/C24H21ClN2O2/c25-20-13-12-19(16-22(20)27-14-6-11-23(27)28)24(29)26-21-10-5-4-9-18(21)15-17-7-2-1-3-8-17/h1-5,7-10,12-13,16H,6,11,14-15H2,(H,26,29). The van der Waals surface area contributed by atoms with Crippen LogP contribution in [0.3, 0.4) is 0 Å². The van der Waals surface area contributed by atoms with Crippen molar-refractivity contribution >= 4 is 34.8 Å². The third kappa shape index (κ3) is 4.33. The van der Waals surface area contributed by atoms with Crippen molar-refractivity contribution in [2.24, 2.45) is 0 Å². The van der Waals surface area contributed by atoms with Crippen LogP contribution >= 0.6 is 11.6 Å². The molecule has 0 spiro atoms. The maximum absolute atomic E-state index is 12.9. The van der Waals surface area contributed by atoms with E-state index in [9.17, 15) is 9.59 Å². The lowest BCUT2D eigenvalue weighted by atomic mass is 10.0. The molecule has 1 heterocycles. The summed E-state index contributed by atoms with van der Waals surface area (Å²) in [5.74, 6) is -0.187. The quantitative estimate of drug-likeness (QED) is 0.626. The molecule has 0 unspecified atom stereocenters. The highest BCUT2D eigenvalue weighted by molar-refractivity contribution is 6.34. The molecule has 1 saturated heterocycles. The Morgan fingerprint density at radius 3 is 2.52 bits per heavy atom. The summed E-state index contributed by atoms with van der Waals surface area (Å²) in [4.78, 5) is 26.7. The highest BCUT2D eigenvalue weighted by Gasteiger charge is 2.24. The fourth-order valence-corrected chi connectivity index (χ4v) is 3.79. The molecule has 0 aliphatic carbocycles. The van der Waals surface area contributed by atoms with Crippen LogP contribution in [0.5, 0.6) is 0 Å². The molecule has 1 aliphatic heterocycles. The lowest BCUT2D eigenvalue weighted by Gasteiger charge is -2.18. The second kappa shape index (κ2) is 8.50. The summed E-state index contributed by atoms with van der Waals surface area (Å²) in [7, 11) is 0. The van der Waals surface area contributed by atoms with E-state index in [4.69, 9.17) is 11.6 Å². The van der Waals surface area contributed by atoms with Crippen LogP contribution < -0.4 is 10.2 Å². The Morgan fingerprint density at radius 2 is 1.76 bits per heavy atom. The van der Waals surface area contributed by atoms with Gasteiger partial charge in [0, 0.05) is 24.2 Å². The molecule has 0 radical (unpaired) electrons. The fourth-order valence-electron chi connectivity index (χ4n) is 3.57. The predicted octanol–water partition coefficient (Wildman–Crippen LogP) is 5.31. The molecule has 0 aromatic heterocycles. The number of carbonyl (C=O) groups is 2. The number of carbonyl (C=O) groups excluding carboxylic acids is 2. The Hall–Kier alpha value is -3.11. The van der Waals surface area contributed by atoms with Crippen molar-refractivity contribution in [3.8, 4) is 0 Å². The lowest BCUT2D eigenvalue weighted by Crippen LogP contribution is -2.24. The molecule has 29 heavy (non-hydrogen) atoms. The predicted molar refractivity (Wildman–Crippen MR) is 117 cm³/mol. The Balaban J connectivity index is 1.57. The molecule has 0 atom stereocenters. The van der Waals surface area contributed by atoms with E-state index < -0.39 is 0 Å². The molecular formula is C24H21ClN2O2. The van der Waals surface area contributed by atoms with Crippen molar-refractivity contribution in [3.63, 3.8) is 0 Å². The molecular weight excluding hydrogens is 384 g/mol. The molecule has 4 nitrogen and oxygen atoms in total. The third-order valence-corrected chi connectivity index (χ3v) is 5.40. The molecule has 5 heteroatoms. The molecule has 4 rings (SSSR count). The summed E-state index contributed by atoms with van der Waals surface area (Å²) in [6.07, 6.45) is 2.05. The molecule has 146 valence electrons. The highest BCUT2D eigenvalue weighted by atomic mass is 35.5. The van der Waals surface area contributed by atoms with Crippen LogP contribution in [0, 0.1) is 0 Å². The van der Waals surface area contributed by atoms with Crippen LogP contribution in [0.25, 0.3) is 0 Å². The Labute approximate surface area is 175 Å². The van der Waals surface area contributed by atoms with Gasteiger partial charge in [0.05, 0.1) is 10.7 Å². The van der Waals surface area contributed by atoms with E-state index in [1.807, 2.05) is 42.5 Å². The number of amides is 2. The van der Waals surface area contributed by atoms with E-state index in [0.29, 0.717) is 29.2 Å². The monoisotopic (exact) mass is 404 g/mol. The molecule has 3 aromatic carbocycles. The van der Waals surface area contributed by atoms with Gasteiger partial charge in [-0.15, -0.1) is 0 Å². The van der Waals surface area contributed by atoms with Crippen molar-refractivity contribution < 1.29 is 9.59 Å². The Bertz CT molecular complexity index is 1050. The normalized spacial score (nSPS) is 13.6. The van der Waals surface area contributed by atoms with Gasteiger partial charge >= 0.3 is 0 Å². The zero-order valence-electron chi connectivity index (χ0n) is 15.9. The summed E-state index contributed by atoms with van der Waals surface area (Å²) >= 11 is 6.30. The van der Waals surface area contributed by atoms with E-state index in [2.05, 4.69) is 17.4 Å². The average Bonchev–Trinajstić information content (AvgIpc) is 3.16. The minimum absolute atomic E-state index is 0.0395. The summed E-state index contributed by atoms with van der Waals surface area (Å²) in [6.45, 7) is 0.629. The van der Waals surface area contributed by atoms with Gasteiger partial charge in [0.25, 0.3) is 5.91 Å². The largest absolute Gasteiger partial charge is 0.322 e. The van der Waals surface area contributed by atoms with Gasteiger partial charge < -0.3 is 10.2 Å². The number of para-hydroxylation sites is 1. The lowest BCUT2D eigenvalue weighted by molar-refractivity contribution is -0.117. The van der Waals surface area contributed by atoms with E-state index in [0.717, 1.165) is 24.1 Å². The van der Waals surface area contributed by atoms with Gasteiger partial charge in [0.1, 0.15) is 0 Å². The van der Waals surface area contributed by atoms with Crippen LogP contribution in [0.15, 0.2) is 72.8 Å². The third-order valence-electron chi connectivity index (χ3n) is 5.08. The van der Waals surface area contributed by atoms with E-state index in [1.165, 1.54) is 5.56 Å². The number of halogens is 1. The smallest absolute Gasteiger partial charge is 0.255 e. The number of rotatable bonds is 5. The molecule has 3 aromatic rings. The van der Waals surface area contributed by atoms with Crippen LogP contribution in [0.2, 0.25) is 5.02 Å². The van der Waals surface area contributed by atoms with Crippen molar-refractivity contribution in [2.45, 2.75) is 19.3 Å². The van der Waals surface area contributed by atoms with Gasteiger partial charge in [-0.1, -0.05) is 60.1 Å². The van der Waals surface area contributed by atoms with Gasteiger partial charge in [-0.3, -0.25) is 9.59 Å². The summed E-state index contributed by atoms with van der Waals surface area (Å²) in [5.41, 5.74) is 4.06. The zero-order chi connectivity index (χ0) is 20.2. The SMILES string of the molecule is O=C(Nc1ccccc1Cc1ccccc1)c1ccc(Cl)c(N2CCCC2=O)c1. The van der Waals surface area contributed by atoms with Crippen molar-refractivity contribution in [1.82, 2.24) is 0 Å². The van der Waals surface area contributed by atoms with Gasteiger partial charge in [-0.25, -0.2) is 0 Å². The first-order chi connectivity index (χ1) is 14.1. The first-order valence-electron chi connectivity index (χ1n) is 9.65. The Kier molecular flexibility index (Phi) is 5.63. The summed E-state index contributed by atoms with van der Waals surface area (Å²) in [6, 6.07) is 23.0. The number of nitrogens with one attached hydrogen (secondary N) is 1. The molecule has 1 fully saturated rings. The van der Waals surface area contributed by atoms with E-state index >= 15 is 0 Å². The molecule has 1 N–H and O–H groups in total. The number of nitrogens with zero attached hydrogens (tertiary/aromatic N) is 1. The maximum atomic E-state index is 12.9. The summed E-state index contributed by atoms with van der Waals surface area (Å²) in [5, 5.41) is 3.48. The fraction of sp³-hybridized carbons (Fsp3) is 0.167. The van der Waals surface area contributed by atoms with Crippen molar-refractivity contribution in [3.05, 3.63) is 94.5 Å². The van der Waals surface area contributed by atoms with Gasteiger partial charge in [-0.2, -0.15) is 0 Å². The number of hydrogen-bond donors (Lipinski definition) is 1. The second-order valence-electron chi connectivity index (χ2n) is 7.09. The van der Waals surface area contributed by atoms with Gasteiger partial charge in [0.15, 0.2) is 0 Å². The Morgan fingerprint density at radius 1 is 1.00 bits per heavy atom. The second-order valence-corrected chi connectivity index (χ2v) is 7.50. The van der Waals surface area contributed by atoms with Crippen LogP contribution in [-0.2, 0) is 11.2 Å². The first-order valence-corrected chi connectivity index (χ1v) is 10.0. The molecule has 1 aliphatic rings. The first kappa shape index (κ1) is 19.2. The number of anilines is 2. The molecule has 0 saturated carbocycles.